The standard InChI is InChI=1S/C15H26N2O3/c1-5-20-10-6-9-17-13(19)14(2,3)16-12(18)15(17,4)11-7-8-11/h11H,5-10H2,1-4H3,(H,16,18). The first-order chi connectivity index (χ1) is 9.34. The molecule has 5 nitrogen and oxygen atoms in total. The molecule has 2 rings (SSSR count). The van der Waals surface area contributed by atoms with E-state index in [0.29, 0.717) is 25.7 Å². The quantitative estimate of drug-likeness (QED) is 0.748. The normalized spacial score (nSPS) is 29.5. The van der Waals surface area contributed by atoms with Gasteiger partial charge in [-0.25, -0.2) is 0 Å². The van der Waals surface area contributed by atoms with Crippen molar-refractivity contribution in [1.82, 2.24) is 10.2 Å². The Bertz CT molecular complexity index is 404. The second kappa shape index (κ2) is 5.35. The zero-order valence-electron chi connectivity index (χ0n) is 13.0. The van der Waals surface area contributed by atoms with Crippen LogP contribution in [0.2, 0.25) is 0 Å². The van der Waals surface area contributed by atoms with Crippen molar-refractivity contribution in [1.29, 1.82) is 0 Å². The zero-order chi connectivity index (χ0) is 15.0. The van der Waals surface area contributed by atoms with Gasteiger partial charge in [0.1, 0.15) is 11.1 Å². The fourth-order valence-electron chi connectivity index (χ4n) is 2.99. The molecule has 0 aromatic carbocycles. The molecule has 0 aromatic heterocycles. The third-order valence-corrected chi connectivity index (χ3v) is 4.47. The predicted octanol–water partition coefficient (Wildman–Crippen LogP) is 1.32. The Hall–Kier alpha value is -1.10. The minimum Gasteiger partial charge on any atom is -0.382 e. The van der Waals surface area contributed by atoms with E-state index < -0.39 is 11.1 Å². The van der Waals surface area contributed by atoms with Crippen LogP contribution in [0, 0.1) is 5.92 Å². The average molecular weight is 282 g/mol. The van der Waals surface area contributed by atoms with Crippen molar-refractivity contribution in [3.8, 4) is 0 Å². The van der Waals surface area contributed by atoms with Gasteiger partial charge in [-0.1, -0.05) is 0 Å². The van der Waals surface area contributed by atoms with Crippen molar-refractivity contribution in [2.24, 2.45) is 5.92 Å². The monoisotopic (exact) mass is 282 g/mol. The van der Waals surface area contributed by atoms with E-state index >= 15 is 0 Å². The molecule has 0 spiro atoms. The van der Waals surface area contributed by atoms with Gasteiger partial charge in [0.2, 0.25) is 11.8 Å². The Morgan fingerprint density at radius 2 is 1.95 bits per heavy atom. The third kappa shape index (κ3) is 2.55. The molecule has 0 aromatic rings. The highest BCUT2D eigenvalue weighted by atomic mass is 16.5. The summed E-state index contributed by atoms with van der Waals surface area (Å²) in [6, 6.07) is 0. The van der Waals surface area contributed by atoms with Crippen LogP contribution in [0.1, 0.15) is 47.0 Å². The van der Waals surface area contributed by atoms with E-state index in [1.165, 1.54) is 0 Å². The Labute approximate surface area is 121 Å². The lowest BCUT2D eigenvalue weighted by Crippen LogP contribution is -2.74. The molecule has 2 fully saturated rings. The second-order valence-electron chi connectivity index (χ2n) is 6.51. The van der Waals surface area contributed by atoms with E-state index in [1.54, 1.807) is 18.7 Å². The molecule has 0 bridgehead atoms. The predicted molar refractivity (Wildman–Crippen MR) is 76.2 cm³/mol. The molecule has 20 heavy (non-hydrogen) atoms. The minimum absolute atomic E-state index is 0.0130. The van der Waals surface area contributed by atoms with Crippen LogP contribution in [0.5, 0.6) is 0 Å². The number of piperazine rings is 1. The van der Waals surface area contributed by atoms with Crippen LogP contribution in [-0.4, -0.2) is 47.6 Å². The number of nitrogens with one attached hydrogen (secondary N) is 1. The van der Waals surface area contributed by atoms with Crippen molar-refractivity contribution < 1.29 is 14.3 Å². The molecule has 1 heterocycles. The maximum absolute atomic E-state index is 12.7. The maximum atomic E-state index is 12.7. The topological polar surface area (TPSA) is 58.6 Å². The van der Waals surface area contributed by atoms with Gasteiger partial charge in [-0.3, -0.25) is 9.59 Å². The van der Waals surface area contributed by atoms with Crippen molar-refractivity contribution in [3.05, 3.63) is 0 Å². The smallest absolute Gasteiger partial charge is 0.248 e. The van der Waals surface area contributed by atoms with Crippen LogP contribution in [0.25, 0.3) is 0 Å². The van der Waals surface area contributed by atoms with Crippen molar-refractivity contribution in [2.45, 2.75) is 58.0 Å². The van der Waals surface area contributed by atoms with E-state index in [0.717, 1.165) is 19.3 Å². The SMILES string of the molecule is CCOCCCN1C(=O)C(C)(C)NC(=O)C1(C)C1CC1. The van der Waals surface area contributed by atoms with Gasteiger partial charge < -0.3 is 15.0 Å². The summed E-state index contributed by atoms with van der Waals surface area (Å²) in [6.07, 6.45) is 2.82. The van der Waals surface area contributed by atoms with Gasteiger partial charge in [0, 0.05) is 19.8 Å². The summed E-state index contributed by atoms with van der Waals surface area (Å²) in [5.74, 6) is 0.304. The van der Waals surface area contributed by atoms with E-state index in [4.69, 9.17) is 4.74 Å². The molecule has 1 aliphatic heterocycles. The Balaban J connectivity index is 2.15. The summed E-state index contributed by atoms with van der Waals surface area (Å²) in [5, 5.41) is 2.89. The number of rotatable bonds is 6. The van der Waals surface area contributed by atoms with Crippen molar-refractivity contribution in [3.63, 3.8) is 0 Å². The number of hydrogen-bond donors (Lipinski definition) is 1. The summed E-state index contributed by atoms with van der Waals surface area (Å²) in [6.45, 7) is 9.31. The third-order valence-electron chi connectivity index (χ3n) is 4.47. The van der Waals surface area contributed by atoms with Gasteiger partial charge in [-0.2, -0.15) is 0 Å². The number of amides is 2. The molecule has 5 heteroatoms. The van der Waals surface area contributed by atoms with Gasteiger partial charge in [0.25, 0.3) is 0 Å². The van der Waals surface area contributed by atoms with E-state index in [-0.39, 0.29) is 11.8 Å². The number of hydrogen-bond acceptors (Lipinski definition) is 3. The average Bonchev–Trinajstić information content (AvgIpc) is 3.20. The molecule has 1 atom stereocenters. The van der Waals surface area contributed by atoms with Crippen LogP contribution in [0.15, 0.2) is 0 Å². The van der Waals surface area contributed by atoms with E-state index in [1.807, 2.05) is 13.8 Å². The molecule has 1 unspecified atom stereocenters. The van der Waals surface area contributed by atoms with Gasteiger partial charge >= 0.3 is 0 Å². The molecule has 1 N–H and O–H groups in total. The molecular weight excluding hydrogens is 256 g/mol. The van der Waals surface area contributed by atoms with Gasteiger partial charge in [0.15, 0.2) is 0 Å². The molecule has 1 aliphatic carbocycles. The maximum Gasteiger partial charge on any atom is 0.248 e. The highest BCUT2D eigenvalue weighted by Crippen LogP contribution is 2.45. The summed E-state index contributed by atoms with van der Waals surface area (Å²) in [5.41, 5.74) is -1.49. The van der Waals surface area contributed by atoms with Gasteiger partial charge in [-0.05, 0) is 52.9 Å². The number of nitrogens with zero attached hydrogens (tertiary/aromatic N) is 1. The Morgan fingerprint density at radius 1 is 1.30 bits per heavy atom. The first kappa shape index (κ1) is 15.3. The van der Waals surface area contributed by atoms with Gasteiger partial charge in [0.05, 0.1) is 0 Å². The fourth-order valence-corrected chi connectivity index (χ4v) is 2.99. The number of ether oxygens (including phenoxy) is 1. The molecule has 2 aliphatic rings. The van der Waals surface area contributed by atoms with Crippen LogP contribution in [-0.2, 0) is 14.3 Å². The lowest BCUT2D eigenvalue weighted by atomic mass is 9.84. The molecule has 2 amide bonds. The summed E-state index contributed by atoms with van der Waals surface area (Å²) in [7, 11) is 0. The second-order valence-corrected chi connectivity index (χ2v) is 6.51. The van der Waals surface area contributed by atoms with E-state index in [2.05, 4.69) is 5.32 Å². The van der Waals surface area contributed by atoms with Crippen molar-refractivity contribution in [2.75, 3.05) is 19.8 Å². The first-order valence-electron chi connectivity index (χ1n) is 7.56. The molecule has 0 radical (unpaired) electrons. The largest absolute Gasteiger partial charge is 0.382 e. The molecule has 1 saturated heterocycles. The van der Waals surface area contributed by atoms with Crippen LogP contribution < -0.4 is 5.32 Å². The Kier molecular flexibility index (Phi) is 4.09. The zero-order valence-corrected chi connectivity index (χ0v) is 13.0. The number of carbonyl (C=O) groups is 2. The molecule has 114 valence electrons. The summed E-state index contributed by atoms with van der Waals surface area (Å²) < 4.78 is 5.34. The van der Waals surface area contributed by atoms with E-state index in [9.17, 15) is 9.59 Å². The van der Waals surface area contributed by atoms with Crippen LogP contribution in [0.3, 0.4) is 0 Å². The first-order valence-corrected chi connectivity index (χ1v) is 7.56. The lowest BCUT2D eigenvalue weighted by molar-refractivity contribution is -0.162. The summed E-state index contributed by atoms with van der Waals surface area (Å²) in [4.78, 5) is 27.0. The van der Waals surface area contributed by atoms with Gasteiger partial charge in [-0.15, -0.1) is 0 Å². The van der Waals surface area contributed by atoms with Crippen LogP contribution >= 0.6 is 0 Å². The highest BCUT2D eigenvalue weighted by Gasteiger charge is 2.58. The molecule has 1 saturated carbocycles. The number of carbonyl (C=O) groups excluding carboxylic acids is 2. The fraction of sp³-hybridized carbons (Fsp3) is 0.867. The minimum atomic E-state index is -0.808. The Morgan fingerprint density at radius 3 is 2.50 bits per heavy atom. The molecular formula is C15H26N2O3. The lowest BCUT2D eigenvalue weighted by Gasteiger charge is -2.49. The summed E-state index contributed by atoms with van der Waals surface area (Å²) >= 11 is 0. The van der Waals surface area contributed by atoms with Crippen LogP contribution in [0.4, 0.5) is 0 Å². The van der Waals surface area contributed by atoms with Crippen molar-refractivity contribution >= 4 is 11.8 Å². The highest BCUT2D eigenvalue weighted by molar-refractivity contribution is 6.02.